The van der Waals surface area contributed by atoms with Crippen LogP contribution in [0.5, 0.6) is 11.5 Å². The Hall–Kier alpha value is -4.44. The van der Waals surface area contributed by atoms with Crippen LogP contribution in [0.15, 0.2) is 65.9 Å². The smallest absolute Gasteiger partial charge is 0.350 e. The Labute approximate surface area is 249 Å². The van der Waals surface area contributed by atoms with Crippen LogP contribution in [0.1, 0.15) is 59.7 Å². The molecule has 3 aromatic rings. The van der Waals surface area contributed by atoms with Crippen molar-refractivity contribution in [2.24, 2.45) is 5.92 Å². The number of allylic oxidation sites excluding steroid dienone is 1. The van der Waals surface area contributed by atoms with E-state index in [1.165, 1.54) is 18.1 Å². The number of carbonyl (C=O) groups is 3. The normalized spacial score (nSPS) is 15.1. The molecule has 0 aliphatic carbocycles. The van der Waals surface area contributed by atoms with Gasteiger partial charge < -0.3 is 19.3 Å². The molecule has 1 atom stereocenters. The number of nitrogens with zero attached hydrogens (tertiary/aromatic N) is 2. The molecule has 0 bridgehead atoms. The van der Waals surface area contributed by atoms with E-state index in [0.717, 1.165) is 23.3 Å². The number of esters is 1. The van der Waals surface area contributed by atoms with Crippen LogP contribution >= 0.6 is 11.3 Å². The first-order chi connectivity index (χ1) is 20.2. The van der Waals surface area contributed by atoms with Crippen molar-refractivity contribution < 1.29 is 33.7 Å². The number of ether oxygens (including phenoxy) is 3. The fourth-order valence-corrected chi connectivity index (χ4v) is 5.43. The van der Waals surface area contributed by atoms with Crippen LogP contribution < -0.4 is 14.4 Å². The second kappa shape index (κ2) is 13.5. The van der Waals surface area contributed by atoms with E-state index < -0.39 is 29.5 Å². The van der Waals surface area contributed by atoms with Crippen molar-refractivity contribution in [1.82, 2.24) is 4.98 Å². The van der Waals surface area contributed by atoms with Crippen LogP contribution in [-0.4, -0.2) is 48.1 Å². The fraction of sp³-hybridized carbons (Fsp3) is 0.312. The molecule has 42 heavy (non-hydrogen) atoms. The van der Waals surface area contributed by atoms with Gasteiger partial charge in [0.25, 0.3) is 5.91 Å². The number of ketones is 1. The van der Waals surface area contributed by atoms with Crippen LogP contribution in [-0.2, 0) is 14.3 Å². The van der Waals surface area contributed by atoms with Crippen molar-refractivity contribution >= 4 is 40.2 Å². The standard InChI is InChI=1S/C32H34N2O7S/c1-6-40-31(38)29-20(4)33-32(42-29)34-27(22-13-15-24(25(18-22)39-5)41-17-16-19(2)3)26(28(36)30(34)37)23(35)14-12-21-10-8-7-9-11-21/h7-15,18-19,27,36H,6,16-17H2,1-5H3/b14-12+. The fourth-order valence-electron chi connectivity index (χ4n) is 4.44. The Morgan fingerprint density at radius 2 is 1.88 bits per heavy atom. The Morgan fingerprint density at radius 3 is 2.55 bits per heavy atom. The van der Waals surface area contributed by atoms with Gasteiger partial charge in [-0.2, -0.15) is 0 Å². The molecule has 1 aliphatic rings. The van der Waals surface area contributed by atoms with E-state index in [1.807, 2.05) is 30.3 Å². The molecule has 220 valence electrons. The average Bonchev–Trinajstić information content (AvgIpc) is 3.48. The number of anilines is 1. The van der Waals surface area contributed by atoms with Crippen molar-refractivity contribution in [3.8, 4) is 11.5 Å². The van der Waals surface area contributed by atoms with Crippen LogP contribution in [0.3, 0.4) is 0 Å². The lowest BCUT2D eigenvalue weighted by molar-refractivity contribution is -0.117. The summed E-state index contributed by atoms with van der Waals surface area (Å²) in [6, 6.07) is 13.3. The van der Waals surface area contributed by atoms with Gasteiger partial charge in [0.2, 0.25) is 0 Å². The number of amides is 1. The maximum absolute atomic E-state index is 13.6. The summed E-state index contributed by atoms with van der Waals surface area (Å²) in [4.78, 5) is 45.6. The molecular weight excluding hydrogens is 556 g/mol. The van der Waals surface area contributed by atoms with E-state index >= 15 is 0 Å². The summed E-state index contributed by atoms with van der Waals surface area (Å²) in [6.07, 6.45) is 3.79. The van der Waals surface area contributed by atoms with E-state index in [2.05, 4.69) is 18.8 Å². The number of aliphatic hydroxyl groups excluding tert-OH is 1. The van der Waals surface area contributed by atoms with Gasteiger partial charge in [-0.05, 0) is 55.5 Å². The molecule has 0 spiro atoms. The highest BCUT2D eigenvalue weighted by Gasteiger charge is 2.45. The highest BCUT2D eigenvalue weighted by atomic mass is 32.1. The van der Waals surface area contributed by atoms with Gasteiger partial charge in [-0.3, -0.25) is 14.5 Å². The van der Waals surface area contributed by atoms with Gasteiger partial charge in [-0.1, -0.05) is 67.7 Å². The van der Waals surface area contributed by atoms with Gasteiger partial charge in [-0.15, -0.1) is 0 Å². The molecule has 9 nitrogen and oxygen atoms in total. The molecule has 10 heteroatoms. The first-order valence-electron chi connectivity index (χ1n) is 13.7. The second-order valence-electron chi connectivity index (χ2n) is 10.0. The second-order valence-corrected chi connectivity index (χ2v) is 11.0. The SMILES string of the molecule is CCOC(=O)c1sc(N2C(=O)C(O)=C(C(=O)/C=C/c3ccccc3)C2c2ccc(OCCC(C)C)c(OC)c2)nc1C. The number of carbonyl (C=O) groups excluding carboxylic acids is 3. The molecule has 1 amide bonds. The number of benzene rings is 2. The van der Waals surface area contributed by atoms with E-state index in [9.17, 15) is 19.5 Å². The number of aromatic nitrogens is 1. The molecule has 0 saturated carbocycles. The highest BCUT2D eigenvalue weighted by Crippen LogP contribution is 2.45. The van der Waals surface area contributed by atoms with E-state index in [4.69, 9.17) is 14.2 Å². The summed E-state index contributed by atoms with van der Waals surface area (Å²) in [5, 5.41) is 11.2. The van der Waals surface area contributed by atoms with Gasteiger partial charge in [0, 0.05) is 0 Å². The molecule has 2 aromatic carbocycles. The molecule has 0 saturated heterocycles. The molecule has 1 aliphatic heterocycles. The quantitative estimate of drug-likeness (QED) is 0.195. The van der Waals surface area contributed by atoms with Crippen LogP contribution in [0.4, 0.5) is 5.13 Å². The largest absolute Gasteiger partial charge is 0.503 e. The number of rotatable bonds is 12. The van der Waals surface area contributed by atoms with Gasteiger partial charge in [0.15, 0.2) is 28.2 Å². The first-order valence-corrected chi connectivity index (χ1v) is 14.5. The first kappa shape index (κ1) is 30.5. The summed E-state index contributed by atoms with van der Waals surface area (Å²) in [7, 11) is 1.50. The maximum atomic E-state index is 13.6. The number of aryl methyl sites for hydroxylation is 1. The lowest BCUT2D eigenvalue weighted by Gasteiger charge is -2.25. The van der Waals surface area contributed by atoms with Gasteiger partial charge >= 0.3 is 5.97 Å². The van der Waals surface area contributed by atoms with Crippen molar-refractivity contribution in [3.05, 3.63) is 87.6 Å². The van der Waals surface area contributed by atoms with Gasteiger partial charge in [0.05, 0.1) is 37.6 Å². The van der Waals surface area contributed by atoms with Crippen molar-refractivity contribution in [2.45, 2.75) is 40.2 Å². The molecule has 2 heterocycles. The zero-order valence-corrected chi connectivity index (χ0v) is 25.1. The molecule has 0 fully saturated rings. The van der Waals surface area contributed by atoms with Crippen LogP contribution in [0.25, 0.3) is 6.08 Å². The number of aliphatic hydroxyl groups is 1. The average molecular weight is 591 g/mol. The third kappa shape index (κ3) is 6.54. The summed E-state index contributed by atoms with van der Waals surface area (Å²) >= 11 is 0.956. The monoisotopic (exact) mass is 590 g/mol. The van der Waals surface area contributed by atoms with Crippen LogP contribution in [0.2, 0.25) is 0 Å². The Kier molecular flexibility index (Phi) is 9.80. The van der Waals surface area contributed by atoms with E-state index in [-0.39, 0.29) is 22.2 Å². The molecule has 1 aromatic heterocycles. The number of hydrogen-bond acceptors (Lipinski definition) is 9. The Bertz CT molecular complexity index is 1520. The van der Waals surface area contributed by atoms with Crippen LogP contribution in [0, 0.1) is 12.8 Å². The number of methoxy groups -OCH3 is 1. The summed E-state index contributed by atoms with van der Waals surface area (Å²) in [5.41, 5.74) is 1.52. The predicted molar refractivity (Wildman–Crippen MR) is 161 cm³/mol. The van der Waals surface area contributed by atoms with Gasteiger partial charge in [-0.25, -0.2) is 9.78 Å². The van der Waals surface area contributed by atoms with Crippen molar-refractivity contribution in [2.75, 3.05) is 25.2 Å². The third-order valence-corrected chi connectivity index (χ3v) is 7.75. The lowest BCUT2D eigenvalue weighted by atomic mass is 9.95. The topological polar surface area (TPSA) is 115 Å². The predicted octanol–water partition coefficient (Wildman–Crippen LogP) is 6.24. The number of hydrogen-bond donors (Lipinski definition) is 1. The molecular formula is C32H34N2O7S. The number of thiazole rings is 1. The van der Waals surface area contributed by atoms with Crippen molar-refractivity contribution in [3.63, 3.8) is 0 Å². The molecule has 1 N–H and O–H groups in total. The molecule has 0 radical (unpaired) electrons. The van der Waals surface area contributed by atoms with Gasteiger partial charge in [0.1, 0.15) is 4.88 Å². The lowest BCUT2D eigenvalue weighted by Crippen LogP contribution is -2.30. The zero-order chi connectivity index (χ0) is 30.4. The minimum absolute atomic E-state index is 0.117. The maximum Gasteiger partial charge on any atom is 0.350 e. The third-order valence-electron chi connectivity index (χ3n) is 6.61. The molecule has 4 rings (SSSR count). The Morgan fingerprint density at radius 1 is 1.14 bits per heavy atom. The minimum Gasteiger partial charge on any atom is -0.503 e. The minimum atomic E-state index is -1.05. The highest BCUT2D eigenvalue weighted by molar-refractivity contribution is 7.17. The van der Waals surface area contributed by atoms with E-state index in [0.29, 0.717) is 35.3 Å². The molecule has 1 unspecified atom stereocenters. The summed E-state index contributed by atoms with van der Waals surface area (Å²) in [6.45, 7) is 8.21. The van der Waals surface area contributed by atoms with Crippen molar-refractivity contribution in [1.29, 1.82) is 0 Å². The summed E-state index contributed by atoms with van der Waals surface area (Å²) < 4.78 is 16.7. The Balaban J connectivity index is 1.79. The summed E-state index contributed by atoms with van der Waals surface area (Å²) in [5.74, 6) is -1.23. The zero-order valence-electron chi connectivity index (χ0n) is 24.2. The van der Waals surface area contributed by atoms with E-state index in [1.54, 1.807) is 38.1 Å².